The Balaban J connectivity index is 2.12. The van der Waals surface area contributed by atoms with Crippen LogP contribution in [0, 0.1) is 13.8 Å². The highest BCUT2D eigenvalue weighted by molar-refractivity contribution is 6.31. The summed E-state index contributed by atoms with van der Waals surface area (Å²) in [5, 5.41) is 6.99. The van der Waals surface area contributed by atoms with Crippen molar-refractivity contribution in [2.75, 3.05) is 5.32 Å². The van der Waals surface area contributed by atoms with E-state index in [9.17, 15) is 0 Å². The summed E-state index contributed by atoms with van der Waals surface area (Å²) < 4.78 is 4.61. The standard InChI is InChI=1S/C9H10ClN5O/c1-5-6(2)14-9(8(10)13-5)11-3-7-12-4-16-15-7/h4H,3H2,1-2H3,(H,11,14). The maximum absolute atomic E-state index is 5.94. The lowest BCUT2D eigenvalue weighted by atomic mass is 10.3. The summed E-state index contributed by atoms with van der Waals surface area (Å²) in [5.74, 6) is 1.06. The number of nitrogens with zero attached hydrogens (tertiary/aromatic N) is 4. The number of rotatable bonds is 3. The number of aromatic nitrogens is 4. The molecule has 0 saturated carbocycles. The zero-order valence-electron chi connectivity index (χ0n) is 8.86. The molecule has 7 heteroatoms. The second-order valence-electron chi connectivity index (χ2n) is 3.23. The monoisotopic (exact) mass is 239 g/mol. The molecule has 0 atom stereocenters. The van der Waals surface area contributed by atoms with Gasteiger partial charge in [0.1, 0.15) is 0 Å². The predicted octanol–water partition coefficient (Wildman–Crippen LogP) is 1.74. The van der Waals surface area contributed by atoms with E-state index in [1.807, 2.05) is 13.8 Å². The normalized spacial score (nSPS) is 10.4. The summed E-state index contributed by atoms with van der Waals surface area (Å²) in [6.45, 7) is 4.13. The van der Waals surface area contributed by atoms with Gasteiger partial charge in [0.25, 0.3) is 0 Å². The van der Waals surface area contributed by atoms with Gasteiger partial charge in [-0.3, -0.25) is 0 Å². The number of hydrogen-bond donors (Lipinski definition) is 1. The third kappa shape index (κ3) is 2.27. The smallest absolute Gasteiger partial charge is 0.213 e. The number of nitrogens with one attached hydrogen (secondary N) is 1. The van der Waals surface area contributed by atoms with Crippen LogP contribution in [0.25, 0.3) is 0 Å². The summed E-state index contributed by atoms with van der Waals surface area (Å²) in [6.07, 6.45) is 1.27. The van der Waals surface area contributed by atoms with Crippen LogP contribution in [-0.4, -0.2) is 20.1 Å². The highest BCUT2D eigenvalue weighted by Gasteiger charge is 2.07. The van der Waals surface area contributed by atoms with Crippen molar-refractivity contribution in [3.63, 3.8) is 0 Å². The molecule has 0 amide bonds. The number of halogens is 1. The first kappa shape index (κ1) is 10.8. The minimum absolute atomic E-state index is 0.339. The Hall–Kier alpha value is -1.69. The second kappa shape index (κ2) is 4.44. The van der Waals surface area contributed by atoms with E-state index in [-0.39, 0.29) is 0 Å². The van der Waals surface area contributed by atoms with Crippen LogP contribution in [0.15, 0.2) is 10.9 Å². The molecular weight excluding hydrogens is 230 g/mol. The lowest BCUT2D eigenvalue weighted by molar-refractivity contribution is 0.411. The van der Waals surface area contributed by atoms with Crippen molar-refractivity contribution >= 4 is 17.4 Å². The molecule has 0 fully saturated rings. The van der Waals surface area contributed by atoms with E-state index in [4.69, 9.17) is 11.6 Å². The zero-order chi connectivity index (χ0) is 11.5. The number of hydrogen-bond acceptors (Lipinski definition) is 6. The van der Waals surface area contributed by atoms with E-state index < -0.39 is 0 Å². The quantitative estimate of drug-likeness (QED) is 0.879. The molecule has 84 valence electrons. The molecule has 0 unspecified atom stereocenters. The van der Waals surface area contributed by atoms with Crippen LogP contribution in [0.5, 0.6) is 0 Å². The van der Waals surface area contributed by atoms with Gasteiger partial charge in [0.15, 0.2) is 16.8 Å². The Morgan fingerprint density at radius 1 is 1.31 bits per heavy atom. The Labute approximate surface area is 97.1 Å². The van der Waals surface area contributed by atoms with Gasteiger partial charge in [-0.05, 0) is 13.8 Å². The Bertz CT molecular complexity index is 485. The largest absolute Gasteiger partial charge is 0.360 e. The van der Waals surface area contributed by atoms with Gasteiger partial charge >= 0.3 is 0 Å². The van der Waals surface area contributed by atoms with Crippen LogP contribution in [0.3, 0.4) is 0 Å². The second-order valence-corrected chi connectivity index (χ2v) is 3.59. The topological polar surface area (TPSA) is 76.7 Å². The van der Waals surface area contributed by atoms with Crippen molar-refractivity contribution in [2.45, 2.75) is 20.4 Å². The minimum atomic E-state index is 0.339. The molecule has 0 aliphatic carbocycles. The average Bonchev–Trinajstić information content (AvgIpc) is 2.74. The predicted molar refractivity (Wildman–Crippen MR) is 58.1 cm³/mol. The van der Waals surface area contributed by atoms with Crippen molar-refractivity contribution in [2.24, 2.45) is 0 Å². The van der Waals surface area contributed by atoms with Gasteiger partial charge in [-0.25, -0.2) is 9.97 Å². The first-order valence-corrected chi connectivity index (χ1v) is 5.04. The van der Waals surface area contributed by atoms with E-state index in [1.165, 1.54) is 6.39 Å². The lowest BCUT2D eigenvalue weighted by Crippen LogP contribution is -2.06. The van der Waals surface area contributed by atoms with Gasteiger partial charge in [0.05, 0.1) is 17.9 Å². The summed E-state index contributed by atoms with van der Waals surface area (Å²) in [6, 6.07) is 0. The Morgan fingerprint density at radius 2 is 2.06 bits per heavy atom. The summed E-state index contributed by atoms with van der Waals surface area (Å²) in [4.78, 5) is 12.3. The van der Waals surface area contributed by atoms with Crippen LogP contribution in [0.4, 0.5) is 5.82 Å². The molecule has 0 aromatic carbocycles. The first-order valence-electron chi connectivity index (χ1n) is 4.66. The van der Waals surface area contributed by atoms with E-state index in [0.717, 1.165) is 11.4 Å². The third-order valence-corrected chi connectivity index (χ3v) is 2.35. The van der Waals surface area contributed by atoms with Crippen LogP contribution in [0.1, 0.15) is 17.2 Å². The molecule has 0 aliphatic rings. The Morgan fingerprint density at radius 3 is 2.75 bits per heavy atom. The summed E-state index contributed by atoms with van der Waals surface area (Å²) in [5.41, 5.74) is 1.65. The maximum Gasteiger partial charge on any atom is 0.213 e. The fourth-order valence-corrected chi connectivity index (χ4v) is 1.36. The highest BCUT2D eigenvalue weighted by atomic mass is 35.5. The van der Waals surface area contributed by atoms with E-state index in [2.05, 4.69) is 29.9 Å². The molecule has 16 heavy (non-hydrogen) atoms. The van der Waals surface area contributed by atoms with Gasteiger partial charge in [-0.1, -0.05) is 16.8 Å². The van der Waals surface area contributed by atoms with Crippen LogP contribution in [0.2, 0.25) is 5.15 Å². The Kier molecular flexibility index (Phi) is 3.00. The van der Waals surface area contributed by atoms with E-state index in [0.29, 0.717) is 23.3 Å². The zero-order valence-corrected chi connectivity index (χ0v) is 9.62. The van der Waals surface area contributed by atoms with Crippen molar-refractivity contribution in [1.29, 1.82) is 0 Å². The molecule has 6 nitrogen and oxygen atoms in total. The van der Waals surface area contributed by atoms with Gasteiger partial charge in [0, 0.05) is 0 Å². The lowest BCUT2D eigenvalue weighted by Gasteiger charge is -2.07. The number of anilines is 1. The average molecular weight is 240 g/mol. The molecule has 0 saturated heterocycles. The summed E-state index contributed by atoms with van der Waals surface area (Å²) in [7, 11) is 0. The van der Waals surface area contributed by atoms with Gasteiger partial charge < -0.3 is 9.84 Å². The van der Waals surface area contributed by atoms with Gasteiger partial charge in [0.2, 0.25) is 6.39 Å². The van der Waals surface area contributed by atoms with Crippen molar-refractivity contribution in [1.82, 2.24) is 20.1 Å². The molecule has 1 N–H and O–H groups in total. The fourth-order valence-electron chi connectivity index (χ4n) is 1.12. The molecule has 2 aromatic rings. The molecular formula is C9H10ClN5O. The minimum Gasteiger partial charge on any atom is -0.360 e. The van der Waals surface area contributed by atoms with Gasteiger partial charge in [-0.2, -0.15) is 4.98 Å². The van der Waals surface area contributed by atoms with E-state index >= 15 is 0 Å². The van der Waals surface area contributed by atoms with Crippen molar-refractivity contribution < 1.29 is 4.52 Å². The highest BCUT2D eigenvalue weighted by Crippen LogP contribution is 2.18. The van der Waals surface area contributed by atoms with E-state index in [1.54, 1.807) is 0 Å². The molecule has 0 bridgehead atoms. The summed E-state index contributed by atoms with van der Waals surface area (Å²) >= 11 is 5.94. The molecule has 0 aliphatic heterocycles. The molecule has 2 aromatic heterocycles. The third-order valence-electron chi connectivity index (χ3n) is 2.09. The van der Waals surface area contributed by atoms with Crippen molar-refractivity contribution in [3.8, 4) is 0 Å². The maximum atomic E-state index is 5.94. The van der Waals surface area contributed by atoms with Gasteiger partial charge in [-0.15, -0.1) is 0 Å². The first-order chi connectivity index (χ1) is 7.66. The van der Waals surface area contributed by atoms with Crippen LogP contribution in [-0.2, 0) is 6.54 Å². The SMILES string of the molecule is Cc1nc(Cl)c(NCc2ncon2)nc1C. The van der Waals surface area contributed by atoms with Crippen LogP contribution < -0.4 is 5.32 Å². The molecule has 0 radical (unpaired) electrons. The molecule has 2 heterocycles. The fraction of sp³-hybridized carbons (Fsp3) is 0.333. The van der Waals surface area contributed by atoms with Crippen molar-refractivity contribution in [3.05, 3.63) is 28.8 Å². The number of aryl methyl sites for hydroxylation is 2. The molecule has 0 spiro atoms. The molecule has 2 rings (SSSR count). The van der Waals surface area contributed by atoms with Crippen LogP contribution >= 0.6 is 11.6 Å².